The van der Waals surface area contributed by atoms with Crippen LogP contribution >= 0.6 is 0 Å². The van der Waals surface area contributed by atoms with E-state index in [1.165, 1.54) is 80.9 Å². The van der Waals surface area contributed by atoms with E-state index in [0.29, 0.717) is 71.9 Å². The summed E-state index contributed by atoms with van der Waals surface area (Å²) in [5, 5.41) is 0. The van der Waals surface area contributed by atoms with Gasteiger partial charge in [-0.05, 0) is 184 Å². The monoisotopic (exact) mass is 858 g/mol. The third-order valence-electron chi connectivity index (χ3n) is 20.3. The van der Waals surface area contributed by atoms with E-state index >= 15 is 0 Å². The number of rotatable bonds is 11. The molecule has 1 aromatic rings. The molecule has 1 aromatic carbocycles. The number of hydrogen-bond acceptors (Lipinski definition) is 5. The van der Waals surface area contributed by atoms with Gasteiger partial charge in [-0.3, -0.25) is 9.69 Å². The highest BCUT2D eigenvalue weighted by Gasteiger charge is 2.70. The molecule has 1 saturated heterocycles. The minimum Gasteiger partial charge on any atom is -0.460 e. The summed E-state index contributed by atoms with van der Waals surface area (Å²) in [5.74, 6) is 3.47. The summed E-state index contributed by atoms with van der Waals surface area (Å²) in [6.45, 7) is 25.7. The molecular weight excluding hydrogens is 778 g/mol. The van der Waals surface area contributed by atoms with E-state index in [0.717, 1.165) is 30.7 Å². The van der Waals surface area contributed by atoms with Crippen molar-refractivity contribution in [2.45, 2.75) is 164 Å². The zero-order chi connectivity index (χ0) is 43.9. The molecule has 1 aliphatic heterocycles. The first-order chi connectivity index (χ1) is 28.7. The molecular formula is C54H80FNO4S. The van der Waals surface area contributed by atoms with Gasteiger partial charge >= 0.3 is 5.97 Å². The van der Waals surface area contributed by atoms with Gasteiger partial charge in [0.15, 0.2) is 9.84 Å². The van der Waals surface area contributed by atoms with Crippen LogP contribution < -0.4 is 0 Å². The number of carbonyl (C=O) groups is 1. The van der Waals surface area contributed by atoms with Crippen LogP contribution in [-0.4, -0.2) is 56.1 Å². The number of allylic oxidation sites excluding steroid dienone is 5. The summed E-state index contributed by atoms with van der Waals surface area (Å²) in [4.78, 5) is 15.9. The fourth-order valence-electron chi connectivity index (χ4n) is 16.6. The van der Waals surface area contributed by atoms with Crippen LogP contribution in [0.1, 0.15) is 157 Å². The molecule has 7 aliphatic rings. The van der Waals surface area contributed by atoms with Crippen LogP contribution in [0.25, 0.3) is 0 Å². The Bertz CT molecular complexity index is 2010. The summed E-state index contributed by atoms with van der Waals surface area (Å²) in [6, 6.07) is 9.69. The van der Waals surface area contributed by atoms with E-state index in [1.54, 1.807) is 0 Å². The fourth-order valence-corrected chi connectivity index (χ4v) is 17.8. The molecule has 7 heteroatoms. The van der Waals surface area contributed by atoms with E-state index in [1.807, 2.05) is 30.3 Å². The highest BCUT2D eigenvalue weighted by atomic mass is 32.2. The second-order valence-corrected chi connectivity index (χ2v) is 26.1. The van der Waals surface area contributed by atoms with Crippen molar-refractivity contribution < 1.29 is 22.3 Å². The van der Waals surface area contributed by atoms with Crippen LogP contribution in [-0.2, 0) is 26.0 Å². The maximum absolute atomic E-state index is 14.8. The Kier molecular flexibility index (Phi) is 11.9. The number of sulfone groups is 1. The van der Waals surface area contributed by atoms with Gasteiger partial charge in [-0.2, -0.15) is 0 Å². The number of alkyl halides is 1. The highest BCUT2D eigenvalue weighted by Crippen LogP contribution is 2.78. The lowest BCUT2D eigenvalue weighted by Crippen LogP contribution is -2.65. The van der Waals surface area contributed by atoms with Crippen molar-refractivity contribution in [2.24, 2.45) is 62.1 Å². The van der Waals surface area contributed by atoms with Crippen molar-refractivity contribution in [1.82, 2.24) is 4.90 Å². The molecule has 0 spiro atoms. The average Bonchev–Trinajstić information content (AvgIpc) is 3.60. The number of fused-ring (bicyclic) bond motifs is 7. The first kappa shape index (κ1) is 45.3. The van der Waals surface area contributed by atoms with E-state index in [2.05, 4.69) is 79.0 Å². The van der Waals surface area contributed by atoms with E-state index in [9.17, 15) is 17.6 Å². The Morgan fingerprint density at radius 3 is 2.26 bits per heavy atom. The largest absolute Gasteiger partial charge is 0.460 e. The van der Waals surface area contributed by atoms with Gasteiger partial charge in [-0.1, -0.05) is 95.7 Å². The molecule has 5 fully saturated rings. The third-order valence-corrected chi connectivity index (χ3v) is 21.9. The number of benzene rings is 1. The molecule has 0 radical (unpaired) electrons. The first-order valence-corrected chi connectivity index (χ1v) is 26.3. The molecule has 8 rings (SSSR count). The number of hydrogen-bond donors (Lipinski definition) is 0. The van der Waals surface area contributed by atoms with Gasteiger partial charge in [0.2, 0.25) is 0 Å². The van der Waals surface area contributed by atoms with Gasteiger partial charge in [-0.25, -0.2) is 12.8 Å². The number of halogens is 1. The van der Waals surface area contributed by atoms with Crippen molar-refractivity contribution in [3.63, 3.8) is 0 Å². The molecule has 10 atom stereocenters. The SMILES string of the molecule is C=C(C)[C@@H]1CC[C@]2(CCCC(C)(C)N3CCS(=O)(=O)CC3)CC[C@]3(C)[C@H](CC[C@@H]4[C@@]5(C)CC=C(C6=CC[C@](CF)(C(=O)OCc7ccccc7)CC6)C(C)(C)[C@@H]5CC[C@]43C)[C@@H]12. The maximum Gasteiger partial charge on any atom is 0.315 e. The van der Waals surface area contributed by atoms with Crippen molar-refractivity contribution in [3.05, 3.63) is 71.3 Å². The Hall–Kier alpha value is -2.25. The van der Waals surface area contributed by atoms with Crippen LogP contribution in [0.4, 0.5) is 4.39 Å². The van der Waals surface area contributed by atoms with Crippen LogP contribution in [0.15, 0.2) is 65.8 Å². The van der Waals surface area contributed by atoms with Crippen molar-refractivity contribution >= 4 is 15.8 Å². The Labute approximate surface area is 370 Å². The van der Waals surface area contributed by atoms with E-state index < -0.39 is 27.9 Å². The van der Waals surface area contributed by atoms with Crippen LogP contribution in [0, 0.1) is 62.1 Å². The van der Waals surface area contributed by atoms with E-state index in [-0.39, 0.29) is 28.4 Å². The smallest absolute Gasteiger partial charge is 0.315 e. The van der Waals surface area contributed by atoms with Gasteiger partial charge < -0.3 is 4.74 Å². The molecule has 0 bridgehead atoms. The summed E-state index contributed by atoms with van der Waals surface area (Å²) in [6.07, 6.45) is 21.6. The zero-order valence-electron chi connectivity index (χ0n) is 39.4. The number of nitrogens with zero attached hydrogens (tertiary/aromatic N) is 1. The maximum atomic E-state index is 14.8. The predicted octanol–water partition coefficient (Wildman–Crippen LogP) is 12.7. The lowest BCUT2D eigenvalue weighted by atomic mass is 9.32. The molecule has 0 amide bonds. The third kappa shape index (κ3) is 7.50. The standard InChI is InChI=1S/C54H80FNO4S/c1-38(2)41-20-29-53(24-13-23-48(3,4)56-32-34-61(58,59)35-33-56)31-30-51(8)43(46(41)53)16-17-45-50(7)25-21-42(49(5,6)44(50)22-26-52(45,51)9)40-18-27-54(37-55,28-19-40)47(57)60-36-39-14-11-10-12-15-39/h10-12,14-15,18,21,41,43-46H,1,13,16-17,19-20,22-37H2,2-9H3/t41-,43+,44-,45+,46+,50-,51+,52+,53+,54-/m0/s1. The van der Waals surface area contributed by atoms with Crippen molar-refractivity contribution in [2.75, 3.05) is 31.3 Å². The normalized spacial score (nSPS) is 40.6. The predicted molar refractivity (Wildman–Crippen MR) is 247 cm³/mol. The Morgan fingerprint density at radius 2 is 1.61 bits per heavy atom. The van der Waals surface area contributed by atoms with Crippen molar-refractivity contribution in [3.8, 4) is 0 Å². The van der Waals surface area contributed by atoms with Crippen LogP contribution in [0.2, 0.25) is 0 Å². The zero-order valence-corrected chi connectivity index (χ0v) is 40.2. The number of carbonyl (C=O) groups excluding carboxylic acids is 1. The number of esters is 1. The highest BCUT2D eigenvalue weighted by molar-refractivity contribution is 7.91. The second kappa shape index (κ2) is 16.0. The Balaban J connectivity index is 0.991. The van der Waals surface area contributed by atoms with E-state index in [4.69, 9.17) is 4.74 Å². The van der Waals surface area contributed by atoms with Crippen LogP contribution in [0.5, 0.6) is 0 Å². The fraction of sp³-hybridized carbons (Fsp3) is 0.759. The summed E-state index contributed by atoms with van der Waals surface area (Å²) in [7, 11) is -2.89. The number of ether oxygens (including phenoxy) is 1. The van der Waals surface area contributed by atoms with Gasteiger partial charge in [0.1, 0.15) is 13.3 Å². The molecule has 61 heavy (non-hydrogen) atoms. The molecule has 0 aromatic heterocycles. The average molecular weight is 858 g/mol. The van der Waals surface area contributed by atoms with Gasteiger partial charge in [0, 0.05) is 18.6 Å². The second-order valence-electron chi connectivity index (χ2n) is 23.8. The Morgan fingerprint density at radius 1 is 0.885 bits per heavy atom. The lowest BCUT2D eigenvalue weighted by molar-refractivity contribution is -0.227. The molecule has 0 unspecified atom stereocenters. The quantitative estimate of drug-likeness (QED) is 0.164. The summed E-state index contributed by atoms with van der Waals surface area (Å²) >= 11 is 0. The summed E-state index contributed by atoms with van der Waals surface area (Å²) in [5.41, 5.74) is 5.20. The minimum atomic E-state index is -2.89. The summed E-state index contributed by atoms with van der Waals surface area (Å²) < 4.78 is 45.0. The molecule has 0 N–H and O–H groups in total. The first-order valence-electron chi connectivity index (χ1n) is 24.5. The van der Waals surface area contributed by atoms with Crippen molar-refractivity contribution in [1.29, 1.82) is 0 Å². The van der Waals surface area contributed by atoms with Gasteiger partial charge in [-0.15, -0.1) is 0 Å². The lowest BCUT2D eigenvalue weighted by Gasteiger charge is -2.72. The van der Waals surface area contributed by atoms with Gasteiger partial charge in [0.05, 0.1) is 16.9 Å². The molecule has 338 valence electrons. The molecule has 6 aliphatic carbocycles. The van der Waals surface area contributed by atoms with Crippen LogP contribution in [0.3, 0.4) is 0 Å². The topological polar surface area (TPSA) is 63.7 Å². The molecule has 1 heterocycles. The molecule has 5 nitrogen and oxygen atoms in total. The molecule has 4 saturated carbocycles. The minimum absolute atomic E-state index is 0.00407. The van der Waals surface area contributed by atoms with Gasteiger partial charge in [0.25, 0.3) is 0 Å².